The second kappa shape index (κ2) is 11.4. The Hall–Kier alpha value is -3.26. The Balaban J connectivity index is 1.56. The number of hydrogen-bond acceptors (Lipinski definition) is 5. The van der Waals surface area contributed by atoms with Crippen molar-refractivity contribution in [1.29, 1.82) is 0 Å². The van der Waals surface area contributed by atoms with Gasteiger partial charge in [-0.2, -0.15) is 0 Å². The number of aliphatic hydroxyl groups excluding tert-OH is 1. The number of nitrogens with zero attached hydrogens (tertiary/aromatic N) is 3. The lowest BCUT2D eigenvalue weighted by molar-refractivity contribution is 0.186. The standard InChI is InChI=1S/C24H33N5O3/c1-5-25-24(27-16-21(30)18-11-12-22(31-3)23(15-18)32-4)26-13-8-14-29-17(2)28-19-9-6-7-10-20(19)29/h6-7,9-12,15,21,30H,5,8,13-14,16H2,1-4H3,(H2,25,26,27). The lowest BCUT2D eigenvalue weighted by atomic mass is 10.1. The van der Waals surface area contributed by atoms with Crippen LogP contribution in [0.1, 0.15) is 30.8 Å². The van der Waals surface area contributed by atoms with Crippen molar-refractivity contribution in [3.8, 4) is 11.5 Å². The van der Waals surface area contributed by atoms with Crippen molar-refractivity contribution in [3.05, 3.63) is 53.9 Å². The number of aliphatic imine (C=N–C) groups is 1. The average molecular weight is 440 g/mol. The maximum Gasteiger partial charge on any atom is 0.191 e. The summed E-state index contributed by atoms with van der Waals surface area (Å²) < 4.78 is 12.8. The van der Waals surface area contributed by atoms with Gasteiger partial charge in [0.25, 0.3) is 0 Å². The summed E-state index contributed by atoms with van der Waals surface area (Å²) in [6.07, 6.45) is 0.175. The Morgan fingerprint density at radius 2 is 1.91 bits per heavy atom. The van der Waals surface area contributed by atoms with Crippen LogP contribution in [0.4, 0.5) is 0 Å². The quantitative estimate of drug-likeness (QED) is 0.255. The Morgan fingerprint density at radius 3 is 2.66 bits per heavy atom. The fourth-order valence-electron chi connectivity index (χ4n) is 3.61. The van der Waals surface area contributed by atoms with Crippen LogP contribution in [0.25, 0.3) is 11.0 Å². The van der Waals surface area contributed by atoms with E-state index in [1.54, 1.807) is 26.4 Å². The molecule has 0 fully saturated rings. The van der Waals surface area contributed by atoms with Crippen LogP contribution in [0.2, 0.25) is 0 Å². The minimum atomic E-state index is -0.745. The van der Waals surface area contributed by atoms with Crippen LogP contribution < -0.4 is 20.1 Å². The highest BCUT2D eigenvalue weighted by molar-refractivity contribution is 5.79. The number of methoxy groups -OCH3 is 2. The minimum absolute atomic E-state index is 0.232. The van der Waals surface area contributed by atoms with E-state index >= 15 is 0 Å². The number of imidazole rings is 1. The van der Waals surface area contributed by atoms with Gasteiger partial charge < -0.3 is 29.8 Å². The minimum Gasteiger partial charge on any atom is -0.493 e. The summed E-state index contributed by atoms with van der Waals surface area (Å²) >= 11 is 0. The number of hydrogen-bond donors (Lipinski definition) is 3. The highest BCUT2D eigenvalue weighted by atomic mass is 16.5. The van der Waals surface area contributed by atoms with Crippen molar-refractivity contribution in [3.63, 3.8) is 0 Å². The number of guanidine groups is 1. The van der Waals surface area contributed by atoms with Crippen LogP contribution in [-0.4, -0.2) is 54.5 Å². The number of para-hydroxylation sites is 2. The molecule has 0 aliphatic carbocycles. The van der Waals surface area contributed by atoms with Gasteiger partial charge in [-0.25, -0.2) is 4.98 Å². The maximum absolute atomic E-state index is 10.6. The molecule has 172 valence electrons. The topological polar surface area (TPSA) is 92.9 Å². The molecular weight excluding hydrogens is 406 g/mol. The number of rotatable bonds is 10. The van der Waals surface area contributed by atoms with Crippen molar-refractivity contribution in [2.45, 2.75) is 32.9 Å². The summed E-state index contributed by atoms with van der Waals surface area (Å²) in [6.45, 7) is 6.65. The van der Waals surface area contributed by atoms with E-state index in [0.717, 1.165) is 48.5 Å². The number of nitrogens with one attached hydrogen (secondary N) is 2. The number of ether oxygens (including phenoxy) is 2. The molecule has 0 bridgehead atoms. The van der Waals surface area contributed by atoms with Gasteiger partial charge in [0.05, 0.1) is 37.9 Å². The van der Waals surface area contributed by atoms with Gasteiger partial charge in [-0.3, -0.25) is 4.99 Å². The second-order valence-corrected chi connectivity index (χ2v) is 7.43. The van der Waals surface area contributed by atoms with E-state index in [2.05, 4.69) is 31.2 Å². The van der Waals surface area contributed by atoms with Gasteiger partial charge >= 0.3 is 0 Å². The summed E-state index contributed by atoms with van der Waals surface area (Å²) in [5.41, 5.74) is 2.91. The molecule has 0 radical (unpaired) electrons. The molecule has 0 aliphatic heterocycles. The molecule has 1 unspecified atom stereocenters. The molecule has 1 atom stereocenters. The largest absolute Gasteiger partial charge is 0.493 e. The maximum atomic E-state index is 10.6. The van der Waals surface area contributed by atoms with Gasteiger partial charge in [0.1, 0.15) is 5.82 Å². The number of aryl methyl sites for hydroxylation is 2. The second-order valence-electron chi connectivity index (χ2n) is 7.43. The Morgan fingerprint density at radius 1 is 1.12 bits per heavy atom. The van der Waals surface area contributed by atoms with Crippen LogP contribution in [0.15, 0.2) is 47.5 Å². The third kappa shape index (κ3) is 5.70. The van der Waals surface area contributed by atoms with E-state index in [4.69, 9.17) is 9.47 Å². The van der Waals surface area contributed by atoms with Crippen LogP contribution in [0.5, 0.6) is 11.5 Å². The van der Waals surface area contributed by atoms with Gasteiger partial charge in [0.2, 0.25) is 0 Å². The first-order valence-corrected chi connectivity index (χ1v) is 10.9. The SMILES string of the molecule is CCNC(=NCC(O)c1ccc(OC)c(OC)c1)NCCCn1c(C)nc2ccccc21. The number of fused-ring (bicyclic) bond motifs is 1. The Labute approximate surface area is 189 Å². The first-order chi connectivity index (χ1) is 15.6. The van der Waals surface area contributed by atoms with E-state index < -0.39 is 6.10 Å². The number of benzene rings is 2. The molecule has 1 heterocycles. The molecule has 0 aliphatic rings. The van der Waals surface area contributed by atoms with Gasteiger partial charge in [-0.15, -0.1) is 0 Å². The third-order valence-electron chi connectivity index (χ3n) is 5.26. The van der Waals surface area contributed by atoms with Crippen molar-refractivity contribution in [1.82, 2.24) is 20.2 Å². The third-order valence-corrected chi connectivity index (χ3v) is 5.26. The lowest BCUT2D eigenvalue weighted by Gasteiger charge is -2.15. The average Bonchev–Trinajstić information content (AvgIpc) is 3.14. The summed E-state index contributed by atoms with van der Waals surface area (Å²) in [4.78, 5) is 9.16. The molecule has 3 N–H and O–H groups in total. The molecule has 8 heteroatoms. The molecule has 3 aromatic rings. The summed E-state index contributed by atoms with van der Waals surface area (Å²) in [6, 6.07) is 13.6. The fourth-order valence-corrected chi connectivity index (χ4v) is 3.61. The normalized spacial score (nSPS) is 12.6. The van der Waals surface area contributed by atoms with Crippen molar-refractivity contribution in [2.75, 3.05) is 33.9 Å². The molecule has 0 saturated heterocycles. The van der Waals surface area contributed by atoms with Gasteiger partial charge in [0, 0.05) is 19.6 Å². The zero-order valence-corrected chi connectivity index (χ0v) is 19.3. The molecule has 0 saturated carbocycles. The smallest absolute Gasteiger partial charge is 0.191 e. The zero-order chi connectivity index (χ0) is 22.9. The highest BCUT2D eigenvalue weighted by Gasteiger charge is 2.12. The van der Waals surface area contributed by atoms with Gasteiger partial charge in [-0.05, 0) is 50.1 Å². The Kier molecular flexibility index (Phi) is 8.33. The van der Waals surface area contributed by atoms with E-state index in [9.17, 15) is 5.11 Å². The summed E-state index contributed by atoms with van der Waals surface area (Å²) in [7, 11) is 3.16. The molecule has 0 amide bonds. The monoisotopic (exact) mass is 439 g/mol. The van der Waals surface area contributed by atoms with Crippen LogP contribution >= 0.6 is 0 Å². The van der Waals surface area contributed by atoms with Crippen LogP contribution in [0, 0.1) is 6.92 Å². The predicted molar refractivity (Wildman–Crippen MR) is 128 cm³/mol. The molecule has 1 aromatic heterocycles. The zero-order valence-electron chi connectivity index (χ0n) is 19.3. The van der Waals surface area contributed by atoms with Gasteiger partial charge in [-0.1, -0.05) is 18.2 Å². The van der Waals surface area contributed by atoms with Crippen molar-refractivity contribution >= 4 is 17.0 Å². The van der Waals surface area contributed by atoms with Crippen molar-refractivity contribution < 1.29 is 14.6 Å². The van der Waals surface area contributed by atoms with E-state index in [0.29, 0.717) is 17.5 Å². The van der Waals surface area contributed by atoms with E-state index in [1.807, 2.05) is 38.1 Å². The highest BCUT2D eigenvalue weighted by Crippen LogP contribution is 2.30. The van der Waals surface area contributed by atoms with E-state index in [1.165, 1.54) is 0 Å². The summed E-state index contributed by atoms with van der Waals surface area (Å²) in [5.74, 6) is 2.91. The fraction of sp³-hybridized carbons (Fsp3) is 0.417. The first kappa shape index (κ1) is 23.4. The molecule has 0 spiro atoms. The molecule has 8 nitrogen and oxygen atoms in total. The Bertz CT molecular complexity index is 1050. The summed E-state index contributed by atoms with van der Waals surface area (Å²) in [5, 5.41) is 17.2. The van der Waals surface area contributed by atoms with Crippen LogP contribution in [0.3, 0.4) is 0 Å². The molecule has 3 rings (SSSR count). The van der Waals surface area contributed by atoms with Crippen molar-refractivity contribution in [2.24, 2.45) is 4.99 Å². The van der Waals surface area contributed by atoms with E-state index in [-0.39, 0.29) is 6.54 Å². The van der Waals surface area contributed by atoms with Crippen LogP contribution in [-0.2, 0) is 6.54 Å². The first-order valence-electron chi connectivity index (χ1n) is 10.9. The number of aliphatic hydroxyl groups is 1. The molecule has 32 heavy (non-hydrogen) atoms. The molecule has 2 aromatic carbocycles. The molecular formula is C24H33N5O3. The lowest BCUT2D eigenvalue weighted by Crippen LogP contribution is -2.38. The number of aromatic nitrogens is 2. The predicted octanol–water partition coefficient (Wildman–Crippen LogP) is 3.04. The van der Waals surface area contributed by atoms with Gasteiger partial charge in [0.15, 0.2) is 17.5 Å².